The number of carbonyl (C=O) groups excluding carboxylic acids is 1. The molecule has 0 spiro atoms. The van der Waals surface area contributed by atoms with E-state index in [2.05, 4.69) is 25.9 Å². The molecule has 0 aliphatic rings. The maximum absolute atomic E-state index is 12.8. The Morgan fingerprint density at radius 1 is 1.33 bits per heavy atom. The molecule has 1 amide bonds. The van der Waals surface area contributed by atoms with Crippen LogP contribution in [0.3, 0.4) is 0 Å². The number of thioether (sulfide) groups is 1. The molecule has 0 aliphatic carbocycles. The highest BCUT2D eigenvalue weighted by Gasteiger charge is 2.15. The number of fused-ring (bicyclic) bond motifs is 1. The van der Waals surface area contributed by atoms with Gasteiger partial charge in [0.25, 0.3) is 5.56 Å². The Balaban J connectivity index is 1.87. The molecule has 0 fully saturated rings. The van der Waals surface area contributed by atoms with Gasteiger partial charge in [-0.1, -0.05) is 27.7 Å². The fraction of sp³-hybridized carbons (Fsp3) is 0.333. The molecule has 2 aromatic heterocycles. The summed E-state index contributed by atoms with van der Waals surface area (Å²) in [7, 11) is 0. The number of aromatic nitrogens is 3. The van der Waals surface area contributed by atoms with E-state index in [1.807, 2.05) is 31.4 Å². The van der Waals surface area contributed by atoms with E-state index in [4.69, 9.17) is 0 Å². The molecule has 0 N–H and O–H groups in total. The number of benzene rings is 1. The number of anilines is 1. The second-order valence-corrected chi connectivity index (χ2v) is 8.47. The van der Waals surface area contributed by atoms with Crippen LogP contribution in [0, 0.1) is 0 Å². The van der Waals surface area contributed by atoms with Gasteiger partial charge < -0.3 is 0 Å². The molecule has 2 heterocycles. The topological polar surface area (TPSA) is 68.1 Å². The van der Waals surface area contributed by atoms with Gasteiger partial charge in [0, 0.05) is 35.6 Å². The van der Waals surface area contributed by atoms with Crippen LogP contribution in [0.15, 0.2) is 38.0 Å². The molecular formula is C18H19BrN4O2S2. The molecule has 142 valence electrons. The Morgan fingerprint density at radius 3 is 2.78 bits per heavy atom. The molecule has 0 radical (unpaired) electrons. The molecular weight excluding hydrogens is 448 g/mol. The summed E-state index contributed by atoms with van der Waals surface area (Å²) in [5.74, 6) is 0.564. The van der Waals surface area contributed by atoms with E-state index < -0.39 is 0 Å². The van der Waals surface area contributed by atoms with Crippen molar-refractivity contribution < 1.29 is 4.79 Å². The molecule has 6 nitrogen and oxygen atoms in total. The van der Waals surface area contributed by atoms with Crippen molar-refractivity contribution >= 4 is 61.0 Å². The van der Waals surface area contributed by atoms with E-state index in [1.54, 1.807) is 15.5 Å². The zero-order valence-corrected chi connectivity index (χ0v) is 18.4. The maximum atomic E-state index is 12.8. The van der Waals surface area contributed by atoms with Crippen molar-refractivity contribution in [3.8, 4) is 0 Å². The van der Waals surface area contributed by atoms with Crippen LogP contribution in [-0.2, 0) is 17.1 Å². The van der Waals surface area contributed by atoms with Crippen molar-refractivity contribution in [2.75, 3.05) is 11.4 Å². The highest BCUT2D eigenvalue weighted by atomic mass is 79.9. The number of rotatable bonds is 6. The van der Waals surface area contributed by atoms with Crippen molar-refractivity contribution in [3.05, 3.63) is 44.1 Å². The Kier molecular flexibility index (Phi) is 6.33. The van der Waals surface area contributed by atoms with Gasteiger partial charge >= 0.3 is 0 Å². The van der Waals surface area contributed by atoms with Gasteiger partial charge in [-0.25, -0.2) is 9.97 Å². The van der Waals surface area contributed by atoms with Crippen molar-refractivity contribution in [2.45, 2.75) is 38.2 Å². The SMILES string of the molecule is CCN(C(C)=O)c1nc(CSc2nc3ccc(Br)cc3c(=O)n2CC)cs1. The molecule has 0 saturated heterocycles. The van der Waals surface area contributed by atoms with E-state index >= 15 is 0 Å². The van der Waals surface area contributed by atoms with E-state index in [0.717, 1.165) is 10.2 Å². The van der Waals surface area contributed by atoms with Gasteiger partial charge in [-0.05, 0) is 32.0 Å². The summed E-state index contributed by atoms with van der Waals surface area (Å²) in [6.07, 6.45) is 0. The summed E-state index contributed by atoms with van der Waals surface area (Å²) in [6, 6.07) is 5.53. The molecule has 0 saturated carbocycles. The lowest BCUT2D eigenvalue weighted by atomic mass is 10.2. The Labute approximate surface area is 173 Å². The lowest BCUT2D eigenvalue weighted by molar-refractivity contribution is -0.116. The monoisotopic (exact) mass is 466 g/mol. The minimum atomic E-state index is -0.0426. The third-order valence-corrected chi connectivity index (χ3v) is 6.43. The average molecular weight is 467 g/mol. The summed E-state index contributed by atoms with van der Waals surface area (Å²) in [6.45, 7) is 6.54. The Morgan fingerprint density at radius 2 is 2.11 bits per heavy atom. The van der Waals surface area contributed by atoms with Gasteiger partial charge in [-0.2, -0.15) is 0 Å². The lowest BCUT2D eigenvalue weighted by Crippen LogP contribution is -2.27. The zero-order valence-electron chi connectivity index (χ0n) is 15.2. The number of hydrogen-bond acceptors (Lipinski definition) is 6. The minimum Gasteiger partial charge on any atom is -0.289 e. The van der Waals surface area contributed by atoms with Gasteiger partial charge in [-0.15, -0.1) is 11.3 Å². The quantitative estimate of drug-likeness (QED) is 0.400. The highest BCUT2D eigenvalue weighted by Crippen LogP contribution is 2.27. The molecule has 0 unspecified atom stereocenters. The fourth-order valence-electron chi connectivity index (χ4n) is 2.68. The van der Waals surface area contributed by atoms with Crippen LogP contribution in [0.5, 0.6) is 0 Å². The fourth-order valence-corrected chi connectivity index (χ4v) is 5.03. The van der Waals surface area contributed by atoms with Crippen LogP contribution >= 0.6 is 39.0 Å². The molecule has 3 rings (SSSR count). The predicted octanol–water partition coefficient (Wildman–Crippen LogP) is 4.30. The molecule has 0 aliphatic heterocycles. The standard InChI is InChI=1S/C18H19BrN4O2S2/c1-4-22(11(3)24)17-20-13(9-26-17)10-27-18-21-15-7-6-12(19)8-14(15)16(25)23(18)5-2/h6-9H,4-5,10H2,1-3H3. The first-order valence-electron chi connectivity index (χ1n) is 8.50. The lowest BCUT2D eigenvalue weighted by Gasteiger charge is -2.14. The van der Waals surface area contributed by atoms with Crippen LogP contribution in [0.2, 0.25) is 0 Å². The Bertz CT molecular complexity index is 1050. The molecule has 0 bridgehead atoms. The summed E-state index contributed by atoms with van der Waals surface area (Å²) in [5.41, 5.74) is 1.51. The molecule has 0 atom stereocenters. The zero-order chi connectivity index (χ0) is 19.6. The van der Waals surface area contributed by atoms with E-state index in [0.29, 0.717) is 40.0 Å². The number of halogens is 1. The van der Waals surface area contributed by atoms with Gasteiger partial charge in [0.15, 0.2) is 10.3 Å². The average Bonchev–Trinajstić information content (AvgIpc) is 3.09. The molecule has 1 aromatic carbocycles. The predicted molar refractivity (Wildman–Crippen MR) is 115 cm³/mol. The van der Waals surface area contributed by atoms with Gasteiger partial charge in [0.2, 0.25) is 5.91 Å². The second kappa shape index (κ2) is 8.53. The highest BCUT2D eigenvalue weighted by molar-refractivity contribution is 9.10. The summed E-state index contributed by atoms with van der Waals surface area (Å²) in [5, 5.41) is 3.92. The molecule has 3 aromatic rings. The minimum absolute atomic E-state index is 0.0202. The summed E-state index contributed by atoms with van der Waals surface area (Å²) >= 11 is 6.34. The van der Waals surface area contributed by atoms with E-state index in [1.165, 1.54) is 30.0 Å². The van der Waals surface area contributed by atoms with Crippen molar-refractivity contribution in [3.63, 3.8) is 0 Å². The van der Waals surface area contributed by atoms with E-state index in [9.17, 15) is 9.59 Å². The number of thiazole rings is 1. The van der Waals surface area contributed by atoms with E-state index in [-0.39, 0.29) is 11.5 Å². The van der Waals surface area contributed by atoms with Gasteiger partial charge in [0.05, 0.1) is 16.6 Å². The normalized spacial score (nSPS) is 11.1. The largest absolute Gasteiger partial charge is 0.289 e. The van der Waals surface area contributed by atoms with Crippen LogP contribution in [0.4, 0.5) is 5.13 Å². The first-order chi connectivity index (χ1) is 12.9. The number of amides is 1. The first kappa shape index (κ1) is 20.0. The smallest absolute Gasteiger partial charge is 0.262 e. The third-order valence-electron chi connectivity index (χ3n) is 4.01. The first-order valence-corrected chi connectivity index (χ1v) is 11.2. The van der Waals surface area contributed by atoms with Crippen molar-refractivity contribution in [2.24, 2.45) is 0 Å². The van der Waals surface area contributed by atoms with Crippen LogP contribution in [0.1, 0.15) is 26.5 Å². The third kappa shape index (κ3) is 4.25. The van der Waals surface area contributed by atoms with Crippen molar-refractivity contribution in [1.82, 2.24) is 14.5 Å². The summed E-state index contributed by atoms with van der Waals surface area (Å²) in [4.78, 5) is 35.3. The number of carbonyl (C=O) groups is 1. The second-order valence-electron chi connectivity index (χ2n) is 5.78. The van der Waals surface area contributed by atoms with Gasteiger partial charge in [0.1, 0.15) is 0 Å². The Hall–Kier alpha value is -1.71. The molecule has 9 heteroatoms. The molecule has 27 heavy (non-hydrogen) atoms. The van der Waals surface area contributed by atoms with Crippen LogP contribution in [-0.4, -0.2) is 27.0 Å². The van der Waals surface area contributed by atoms with Crippen LogP contribution in [0.25, 0.3) is 10.9 Å². The van der Waals surface area contributed by atoms with Gasteiger partial charge in [-0.3, -0.25) is 19.1 Å². The van der Waals surface area contributed by atoms with Crippen LogP contribution < -0.4 is 10.5 Å². The summed E-state index contributed by atoms with van der Waals surface area (Å²) < 4.78 is 2.54. The maximum Gasteiger partial charge on any atom is 0.262 e. The van der Waals surface area contributed by atoms with Crippen molar-refractivity contribution in [1.29, 1.82) is 0 Å². The number of hydrogen-bond donors (Lipinski definition) is 0. The number of nitrogens with zero attached hydrogens (tertiary/aromatic N) is 4.